The molecule has 170 valence electrons. The normalized spacial score (nSPS) is 13.7. The lowest BCUT2D eigenvalue weighted by Crippen LogP contribution is -2.13. The summed E-state index contributed by atoms with van der Waals surface area (Å²) < 4.78 is 30.0. The Labute approximate surface area is 200 Å². The summed E-state index contributed by atoms with van der Waals surface area (Å²) in [6.07, 6.45) is 1.64. The highest BCUT2D eigenvalue weighted by atomic mass is 32.2. The maximum absolute atomic E-state index is 12.6. The van der Waals surface area contributed by atoms with Crippen LogP contribution in [0.25, 0.3) is 0 Å². The zero-order valence-electron chi connectivity index (χ0n) is 17.8. The van der Waals surface area contributed by atoms with E-state index in [4.69, 9.17) is 0 Å². The zero-order chi connectivity index (χ0) is 23.7. The SMILES string of the molecule is Cn1cnnc1Sc1ccc(NC(=O)c2ccc(NC3=NS(=O)(=O)c4ccccc43)cc2)cc1. The lowest BCUT2D eigenvalue weighted by Gasteiger charge is -2.09. The fourth-order valence-corrected chi connectivity index (χ4v) is 5.26. The highest BCUT2D eigenvalue weighted by Crippen LogP contribution is 2.28. The standard InChI is InChI=1S/C23H18N6O3S2/c1-29-14-24-27-23(29)33-18-12-10-17(11-13-18)26-22(30)15-6-8-16(9-7-15)25-21-19-4-2-3-5-20(19)34(31,32)28-21/h2-14H,1H3,(H,25,28)(H,26,30). The zero-order valence-corrected chi connectivity index (χ0v) is 19.5. The Bertz CT molecular complexity index is 1510. The van der Waals surface area contributed by atoms with Crippen LogP contribution in [0.15, 0.2) is 98.5 Å². The van der Waals surface area contributed by atoms with Crippen molar-refractivity contribution in [2.75, 3.05) is 10.6 Å². The topological polar surface area (TPSA) is 118 Å². The van der Waals surface area contributed by atoms with Gasteiger partial charge in [-0.2, -0.15) is 8.42 Å². The third-order valence-corrected chi connectivity index (χ3v) is 7.43. The van der Waals surface area contributed by atoms with Crippen molar-refractivity contribution in [3.8, 4) is 0 Å². The number of carbonyl (C=O) groups is 1. The molecule has 0 aliphatic carbocycles. The molecule has 9 nitrogen and oxygen atoms in total. The number of anilines is 2. The van der Waals surface area contributed by atoms with Gasteiger partial charge in [-0.15, -0.1) is 14.6 Å². The number of aromatic nitrogens is 3. The number of hydrogen-bond donors (Lipinski definition) is 2. The Hall–Kier alpha value is -3.96. The van der Waals surface area contributed by atoms with Crippen molar-refractivity contribution in [2.45, 2.75) is 14.9 Å². The van der Waals surface area contributed by atoms with E-state index in [0.29, 0.717) is 22.5 Å². The number of nitrogens with zero attached hydrogens (tertiary/aromatic N) is 4. The van der Waals surface area contributed by atoms with Gasteiger partial charge in [0.25, 0.3) is 15.9 Å². The van der Waals surface area contributed by atoms with Crippen LogP contribution in [0.2, 0.25) is 0 Å². The highest BCUT2D eigenvalue weighted by molar-refractivity contribution is 7.99. The van der Waals surface area contributed by atoms with Gasteiger partial charge in [0.1, 0.15) is 11.2 Å². The minimum absolute atomic E-state index is 0.175. The summed E-state index contributed by atoms with van der Waals surface area (Å²) in [6.45, 7) is 0. The van der Waals surface area contributed by atoms with Crippen LogP contribution < -0.4 is 10.6 Å². The molecule has 0 spiro atoms. The summed E-state index contributed by atoms with van der Waals surface area (Å²) in [5.41, 5.74) is 2.26. The maximum Gasteiger partial charge on any atom is 0.285 e. The van der Waals surface area contributed by atoms with Crippen molar-refractivity contribution in [3.63, 3.8) is 0 Å². The first-order valence-electron chi connectivity index (χ1n) is 10.1. The molecule has 0 atom stereocenters. The van der Waals surface area contributed by atoms with Crippen LogP contribution in [0.1, 0.15) is 15.9 Å². The molecule has 1 aliphatic heterocycles. The molecule has 0 unspecified atom stereocenters. The molecule has 1 aromatic heterocycles. The van der Waals surface area contributed by atoms with Crippen molar-refractivity contribution in [2.24, 2.45) is 11.4 Å². The Balaban J connectivity index is 1.24. The highest BCUT2D eigenvalue weighted by Gasteiger charge is 2.28. The van der Waals surface area contributed by atoms with Gasteiger partial charge in [0.2, 0.25) is 0 Å². The van der Waals surface area contributed by atoms with Gasteiger partial charge in [0.15, 0.2) is 11.0 Å². The van der Waals surface area contributed by atoms with E-state index in [1.165, 1.54) is 17.8 Å². The Morgan fingerprint density at radius 2 is 1.65 bits per heavy atom. The van der Waals surface area contributed by atoms with Crippen LogP contribution in [0.4, 0.5) is 11.4 Å². The van der Waals surface area contributed by atoms with Crippen LogP contribution in [0, 0.1) is 0 Å². The molecule has 2 heterocycles. The number of amidine groups is 1. The molecule has 4 aromatic rings. The summed E-state index contributed by atoms with van der Waals surface area (Å²) >= 11 is 1.48. The number of sulfonamides is 1. The number of rotatable bonds is 5. The van der Waals surface area contributed by atoms with Gasteiger partial charge < -0.3 is 15.2 Å². The van der Waals surface area contributed by atoms with Crippen molar-refractivity contribution >= 4 is 44.9 Å². The van der Waals surface area contributed by atoms with Gasteiger partial charge in [-0.05, 0) is 72.4 Å². The number of carbonyl (C=O) groups excluding carboxylic acids is 1. The first kappa shape index (κ1) is 21.9. The lowest BCUT2D eigenvalue weighted by molar-refractivity contribution is 0.102. The van der Waals surface area contributed by atoms with E-state index in [-0.39, 0.29) is 16.6 Å². The summed E-state index contributed by atoms with van der Waals surface area (Å²) in [5.74, 6) is -0.00142. The number of amides is 1. The summed E-state index contributed by atoms with van der Waals surface area (Å²) in [4.78, 5) is 13.8. The van der Waals surface area contributed by atoms with Gasteiger partial charge in [-0.3, -0.25) is 4.79 Å². The molecule has 0 radical (unpaired) electrons. The number of aryl methyl sites for hydroxylation is 1. The molecule has 2 N–H and O–H groups in total. The number of nitrogens with one attached hydrogen (secondary N) is 2. The van der Waals surface area contributed by atoms with Crippen LogP contribution in [0.3, 0.4) is 0 Å². The monoisotopic (exact) mass is 490 g/mol. The first-order chi connectivity index (χ1) is 16.4. The van der Waals surface area contributed by atoms with Crippen LogP contribution in [-0.4, -0.2) is 34.9 Å². The van der Waals surface area contributed by atoms with E-state index in [1.54, 1.807) is 48.8 Å². The second-order valence-corrected chi connectivity index (χ2v) is 10.0. The molecule has 0 saturated heterocycles. The van der Waals surface area contributed by atoms with Crippen LogP contribution in [0.5, 0.6) is 0 Å². The van der Waals surface area contributed by atoms with E-state index in [2.05, 4.69) is 25.2 Å². The van der Waals surface area contributed by atoms with Crippen LogP contribution in [-0.2, 0) is 17.1 Å². The molecule has 1 aliphatic rings. The Morgan fingerprint density at radius 1 is 0.941 bits per heavy atom. The molecule has 1 amide bonds. The third-order valence-electron chi connectivity index (χ3n) is 5.03. The predicted octanol–water partition coefficient (Wildman–Crippen LogP) is 3.78. The summed E-state index contributed by atoms with van der Waals surface area (Å²) in [6, 6.07) is 20.8. The van der Waals surface area contributed by atoms with Gasteiger partial charge in [-0.1, -0.05) is 12.1 Å². The smallest absolute Gasteiger partial charge is 0.285 e. The molecule has 0 saturated carbocycles. The van der Waals surface area contributed by atoms with Gasteiger partial charge in [-0.25, -0.2) is 0 Å². The number of benzene rings is 3. The van der Waals surface area contributed by atoms with E-state index in [1.807, 2.05) is 35.9 Å². The quantitative estimate of drug-likeness (QED) is 0.437. The van der Waals surface area contributed by atoms with Gasteiger partial charge in [0.05, 0.1) is 0 Å². The van der Waals surface area contributed by atoms with Crippen molar-refractivity contribution in [1.29, 1.82) is 0 Å². The largest absolute Gasteiger partial charge is 0.339 e. The molecule has 0 fully saturated rings. The molecule has 11 heteroatoms. The number of fused-ring (bicyclic) bond motifs is 1. The second kappa shape index (κ2) is 8.76. The van der Waals surface area contributed by atoms with Gasteiger partial charge >= 0.3 is 0 Å². The second-order valence-electron chi connectivity index (χ2n) is 7.42. The molecule has 34 heavy (non-hydrogen) atoms. The third kappa shape index (κ3) is 4.43. The average molecular weight is 491 g/mol. The summed E-state index contributed by atoms with van der Waals surface area (Å²) in [5, 5.41) is 14.6. The molecule has 5 rings (SSSR count). The minimum Gasteiger partial charge on any atom is -0.339 e. The molecule has 3 aromatic carbocycles. The Kier molecular flexibility index (Phi) is 5.64. The fourth-order valence-electron chi connectivity index (χ4n) is 3.32. The van der Waals surface area contributed by atoms with Crippen molar-refractivity contribution < 1.29 is 13.2 Å². The molecular weight excluding hydrogens is 472 g/mol. The van der Waals surface area contributed by atoms with Crippen molar-refractivity contribution in [3.05, 3.63) is 90.3 Å². The molecular formula is C23H18N6O3S2. The summed E-state index contributed by atoms with van der Waals surface area (Å²) in [7, 11) is -1.82. The first-order valence-corrected chi connectivity index (χ1v) is 12.4. The fraction of sp³-hybridized carbons (Fsp3) is 0.0435. The minimum atomic E-state index is -3.70. The van der Waals surface area contributed by atoms with Crippen LogP contribution >= 0.6 is 11.8 Å². The van der Waals surface area contributed by atoms with E-state index < -0.39 is 10.0 Å². The van der Waals surface area contributed by atoms with E-state index in [9.17, 15) is 13.2 Å². The van der Waals surface area contributed by atoms with Crippen molar-refractivity contribution in [1.82, 2.24) is 14.8 Å². The number of hydrogen-bond acceptors (Lipinski definition) is 7. The maximum atomic E-state index is 12.6. The van der Waals surface area contributed by atoms with E-state index in [0.717, 1.165) is 10.1 Å². The lowest BCUT2D eigenvalue weighted by atomic mass is 10.1. The average Bonchev–Trinajstić information content (AvgIpc) is 3.35. The van der Waals surface area contributed by atoms with Gasteiger partial charge in [0, 0.05) is 34.4 Å². The molecule has 0 bridgehead atoms. The Morgan fingerprint density at radius 3 is 2.35 bits per heavy atom. The predicted molar refractivity (Wildman–Crippen MR) is 130 cm³/mol. The van der Waals surface area contributed by atoms with E-state index >= 15 is 0 Å².